The van der Waals surface area contributed by atoms with Crippen molar-refractivity contribution in [3.63, 3.8) is 0 Å². The zero-order valence-electron chi connectivity index (χ0n) is 13.7. The second kappa shape index (κ2) is 6.73. The van der Waals surface area contributed by atoms with E-state index in [1.54, 1.807) is 27.4 Å². The standard InChI is InChI=1S/C18H18BrNO4/c1-22-14-9-13-16(18(24-3)17(14)23-2)11(8-15(21)20-13)10-6-4-5-7-12(10)19/h4-7,9,11H,8H2,1-3H3,(H,20,21). The molecule has 1 atom stereocenters. The first-order chi connectivity index (χ1) is 11.6. The van der Waals surface area contributed by atoms with E-state index in [0.717, 1.165) is 15.6 Å². The predicted molar refractivity (Wildman–Crippen MR) is 95.3 cm³/mol. The maximum absolute atomic E-state index is 12.2. The molecule has 2 aromatic rings. The molecule has 0 saturated carbocycles. The van der Waals surface area contributed by atoms with Crippen molar-refractivity contribution in [2.45, 2.75) is 12.3 Å². The minimum atomic E-state index is -0.140. The maximum atomic E-state index is 12.2. The number of fused-ring (bicyclic) bond motifs is 1. The maximum Gasteiger partial charge on any atom is 0.225 e. The van der Waals surface area contributed by atoms with Crippen molar-refractivity contribution < 1.29 is 19.0 Å². The third kappa shape index (κ3) is 2.71. The summed E-state index contributed by atoms with van der Waals surface area (Å²) in [5.74, 6) is 1.43. The Morgan fingerprint density at radius 2 is 1.79 bits per heavy atom. The van der Waals surface area contributed by atoms with Crippen LogP contribution in [0.3, 0.4) is 0 Å². The Balaban J connectivity index is 2.28. The highest BCUT2D eigenvalue weighted by Gasteiger charge is 2.34. The van der Waals surface area contributed by atoms with Crippen LogP contribution in [-0.2, 0) is 4.79 Å². The molecule has 1 aliphatic rings. The number of benzene rings is 2. The van der Waals surface area contributed by atoms with Gasteiger partial charge in [0.05, 0.1) is 27.0 Å². The van der Waals surface area contributed by atoms with Crippen molar-refractivity contribution in [2.75, 3.05) is 26.6 Å². The molecule has 2 aromatic carbocycles. The molecule has 0 bridgehead atoms. The van der Waals surface area contributed by atoms with Gasteiger partial charge in [0.1, 0.15) is 0 Å². The van der Waals surface area contributed by atoms with Crippen molar-refractivity contribution in [2.24, 2.45) is 0 Å². The summed E-state index contributed by atoms with van der Waals surface area (Å²) in [6, 6.07) is 9.66. The van der Waals surface area contributed by atoms with Gasteiger partial charge in [-0.2, -0.15) is 0 Å². The molecule has 0 radical (unpaired) electrons. The molecule has 1 amide bonds. The summed E-state index contributed by atoms with van der Waals surface area (Å²) < 4.78 is 17.5. The van der Waals surface area contributed by atoms with Crippen LogP contribution in [0.25, 0.3) is 0 Å². The summed E-state index contributed by atoms with van der Waals surface area (Å²) in [5.41, 5.74) is 2.60. The normalized spacial score (nSPS) is 16.2. The number of ether oxygens (including phenoxy) is 3. The number of hydrogen-bond donors (Lipinski definition) is 1. The van der Waals surface area contributed by atoms with Crippen molar-refractivity contribution >= 4 is 27.5 Å². The molecule has 3 rings (SSSR count). The van der Waals surface area contributed by atoms with Gasteiger partial charge in [-0.1, -0.05) is 34.1 Å². The third-order valence-corrected chi connectivity index (χ3v) is 4.88. The van der Waals surface area contributed by atoms with Crippen molar-refractivity contribution in [3.05, 3.63) is 45.9 Å². The van der Waals surface area contributed by atoms with E-state index in [2.05, 4.69) is 21.2 Å². The Morgan fingerprint density at radius 3 is 2.42 bits per heavy atom. The van der Waals surface area contributed by atoms with E-state index < -0.39 is 0 Å². The number of halogens is 1. The van der Waals surface area contributed by atoms with Gasteiger partial charge >= 0.3 is 0 Å². The summed E-state index contributed by atoms with van der Waals surface area (Å²) in [6.45, 7) is 0. The molecule has 1 N–H and O–H groups in total. The first-order valence-electron chi connectivity index (χ1n) is 7.47. The number of methoxy groups -OCH3 is 3. The highest BCUT2D eigenvalue weighted by Crippen LogP contribution is 2.51. The van der Waals surface area contributed by atoms with Gasteiger partial charge in [-0.15, -0.1) is 0 Å². The number of hydrogen-bond acceptors (Lipinski definition) is 4. The molecule has 1 unspecified atom stereocenters. The molecule has 5 nitrogen and oxygen atoms in total. The van der Waals surface area contributed by atoms with Gasteiger partial charge in [0.2, 0.25) is 11.7 Å². The van der Waals surface area contributed by atoms with Gasteiger partial charge in [0.15, 0.2) is 11.5 Å². The van der Waals surface area contributed by atoms with Crippen LogP contribution in [0.2, 0.25) is 0 Å². The molecule has 1 aliphatic heterocycles. The van der Waals surface area contributed by atoms with Crippen LogP contribution >= 0.6 is 15.9 Å². The van der Waals surface area contributed by atoms with Crippen LogP contribution in [0, 0.1) is 0 Å². The zero-order chi connectivity index (χ0) is 17.3. The summed E-state index contributed by atoms with van der Waals surface area (Å²) in [4.78, 5) is 12.2. The monoisotopic (exact) mass is 391 g/mol. The van der Waals surface area contributed by atoms with Crippen molar-refractivity contribution in [3.8, 4) is 17.2 Å². The van der Waals surface area contributed by atoms with E-state index in [9.17, 15) is 4.79 Å². The minimum absolute atomic E-state index is 0.0440. The van der Waals surface area contributed by atoms with E-state index in [-0.39, 0.29) is 11.8 Å². The Kier molecular flexibility index (Phi) is 4.66. The second-order valence-electron chi connectivity index (χ2n) is 5.43. The molecule has 0 saturated heterocycles. The average molecular weight is 392 g/mol. The highest BCUT2D eigenvalue weighted by atomic mass is 79.9. The Bertz CT molecular complexity index is 791. The van der Waals surface area contributed by atoms with Crippen LogP contribution in [0.5, 0.6) is 17.2 Å². The molecule has 126 valence electrons. The lowest BCUT2D eigenvalue weighted by molar-refractivity contribution is -0.116. The number of carbonyl (C=O) groups is 1. The van der Waals surface area contributed by atoms with Crippen LogP contribution < -0.4 is 19.5 Å². The van der Waals surface area contributed by atoms with E-state index in [0.29, 0.717) is 29.4 Å². The van der Waals surface area contributed by atoms with Gasteiger partial charge in [-0.3, -0.25) is 4.79 Å². The molecule has 0 spiro atoms. The SMILES string of the molecule is COc1cc2c(c(OC)c1OC)C(c1ccccc1Br)CC(=O)N2. The van der Waals surface area contributed by atoms with E-state index >= 15 is 0 Å². The molecular formula is C18H18BrNO4. The Labute approximate surface area is 149 Å². The third-order valence-electron chi connectivity index (χ3n) is 4.16. The fourth-order valence-electron chi connectivity index (χ4n) is 3.14. The number of amides is 1. The van der Waals surface area contributed by atoms with Crippen LogP contribution in [0.1, 0.15) is 23.5 Å². The van der Waals surface area contributed by atoms with E-state index in [1.165, 1.54) is 0 Å². The predicted octanol–water partition coefficient (Wildman–Crippen LogP) is 3.95. The smallest absolute Gasteiger partial charge is 0.225 e. The number of anilines is 1. The van der Waals surface area contributed by atoms with Gasteiger partial charge in [-0.25, -0.2) is 0 Å². The Hall–Kier alpha value is -2.21. The van der Waals surface area contributed by atoms with Crippen molar-refractivity contribution in [1.29, 1.82) is 0 Å². The number of carbonyl (C=O) groups excluding carboxylic acids is 1. The summed E-state index contributed by atoms with van der Waals surface area (Å²) in [5, 5.41) is 2.91. The molecule has 6 heteroatoms. The quantitative estimate of drug-likeness (QED) is 0.856. The number of nitrogens with one attached hydrogen (secondary N) is 1. The van der Waals surface area contributed by atoms with Crippen LogP contribution in [0.4, 0.5) is 5.69 Å². The number of rotatable bonds is 4. The average Bonchev–Trinajstić information content (AvgIpc) is 2.59. The van der Waals surface area contributed by atoms with Gasteiger partial charge in [0.25, 0.3) is 0 Å². The van der Waals surface area contributed by atoms with E-state index in [4.69, 9.17) is 14.2 Å². The molecule has 0 aliphatic carbocycles. The van der Waals surface area contributed by atoms with Gasteiger partial charge in [0, 0.05) is 28.4 Å². The zero-order valence-corrected chi connectivity index (χ0v) is 15.3. The highest BCUT2D eigenvalue weighted by molar-refractivity contribution is 9.10. The second-order valence-corrected chi connectivity index (χ2v) is 6.29. The molecule has 1 heterocycles. The first-order valence-corrected chi connectivity index (χ1v) is 8.27. The van der Waals surface area contributed by atoms with Crippen molar-refractivity contribution in [1.82, 2.24) is 0 Å². The summed E-state index contributed by atoms with van der Waals surface area (Å²) in [7, 11) is 4.71. The molecule has 0 aromatic heterocycles. The lowest BCUT2D eigenvalue weighted by Crippen LogP contribution is -2.24. The van der Waals surface area contributed by atoms with Crippen LogP contribution in [0.15, 0.2) is 34.8 Å². The van der Waals surface area contributed by atoms with E-state index in [1.807, 2.05) is 24.3 Å². The lowest BCUT2D eigenvalue weighted by Gasteiger charge is -2.30. The summed E-state index contributed by atoms with van der Waals surface area (Å²) in [6.07, 6.45) is 0.335. The molecular weight excluding hydrogens is 374 g/mol. The Morgan fingerprint density at radius 1 is 1.08 bits per heavy atom. The fourth-order valence-corrected chi connectivity index (χ4v) is 3.70. The lowest BCUT2D eigenvalue weighted by atomic mass is 9.84. The molecule has 0 fully saturated rings. The summed E-state index contributed by atoms with van der Waals surface area (Å²) >= 11 is 3.59. The van der Waals surface area contributed by atoms with Gasteiger partial charge in [-0.05, 0) is 11.6 Å². The van der Waals surface area contributed by atoms with Gasteiger partial charge < -0.3 is 19.5 Å². The largest absolute Gasteiger partial charge is 0.493 e. The topological polar surface area (TPSA) is 56.8 Å². The fraction of sp³-hybridized carbons (Fsp3) is 0.278. The molecule has 24 heavy (non-hydrogen) atoms. The van der Waals surface area contributed by atoms with Crippen LogP contribution in [-0.4, -0.2) is 27.2 Å². The minimum Gasteiger partial charge on any atom is -0.493 e. The first kappa shape index (κ1) is 16.6.